The van der Waals surface area contributed by atoms with Crippen molar-refractivity contribution in [2.45, 2.75) is 25.7 Å². The maximum absolute atomic E-state index is 14.2. The first kappa shape index (κ1) is 16.6. The van der Waals surface area contributed by atoms with Crippen molar-refractivity contribution in [2.24, 2.45) is 0 Å². The fraction of sp³-hybridized carbons (Fsp3) is 0.375. The minimum atomic E-state index is -4.55. The average Bonchev–Trinajstić information content (AvgIpc) is 2.55. The van der Waals surface area contributed by atoms with E-state index in [9.17, 15) is 17.6 Å². The molecule has 1 aliphatic rings. The number of hydrogen-bond acceptors (Lipinski definition) is 4. The molecule has 0 unspecified atom stereocenters. The molecule has 1 aliphatic heterocycles. The molecule has 0 saturated carbocycles. The number of fused-ring (bicyclic) bond motifs is 1. The summed E-state index contributed by atoms with van der Waals surface area (Å²) in [5, 5.41) is 0. The van der Waals surface area contributed by atoms with Gasteiger partial charge >= 0.3 is 6.18 Å². The summed E-state index contributed by atoms with van der Waals surface area (Å²) in [6, 6.07) is 4.90. The Morgan fingerprint density at radius 2 is 2.08 bits per heavy atom. The largest absolute Gasteiger partial charge is 0.494 e. The molecule has 0 N–H and O–H groups in total. The minimum absolute atomic E-state index is 0.170. The van der Waals surface area contributed by atoms with Gasteiger partial charge in [-0.3, -0.25) is 4.90 Å². The van der Waals surface area contributed by atoms with Crippen molar-refractivity contribution in [3.63, 3.8) is 0 Å². The maximum Gasteiger partial charge on any atom is 0.451 e. The Morgan fingerprint density at radius 3 is 2.79 bits per heavy atom. The third-order valence-electron chi connectivity index (χ3n) is 3.92. The smallest absolute Gasteiger partial charge is 0.451 e. The second kappa shape index (κ2) is 6.35. The third kappa shape index (κ3) is 3.33. The molecule has 0 radical (unpaired) electrons. The highest BCUT2D eigenvalue weighted by Crippen LogP contribution is 2.28. The summed E-state index contributed by atoms with van der Waals surface area (Å²) in [5.74, 6) is -1.37. The van der Waals surface area contributed by atoms with Gasteiger partial charge in [0.15, 0.2) is 11.6 Å². The number of ether oxygens (including phenoxy) is 1. The summed E-state index contributed by atoms with van der Waals surface area (Å²) in [7, 11) is 1.40. The SMILES string of the molecule is COc1cccc(CN2CCc3nc(C(F)(F)F)ncc3C2)c1F. The molecule has 24 heavy (non-hydrogen) atoms. The molecule has 2 aromatic rings. The van der Waals surface area contributed by atoms with E-state index in [1.54, 1.807) is 12.1 Å². The van der Waals surface area contributed by atoms with Gasteiger partial charge in [-0.2, -0.15) is 13.2 Å². The van der Waals surface area contributed by atoms with Gasteiger partial charge in [0.1, 0.15) is 0 Å². The molecule has 1 aromatic heterocycles. The van der Waals surface area contributed by atoms with E-state index in [1.807, 2.05) is 4.90 Å². The van der Waals surface area contributed by atoms with Crippen LogP contribution in [0.5, 0.6) is 5.75 Å². The van der Waals surface area contributed by atoms with Gasteiger partial charge in [-0.15, -0.1) is 0 Å². The van der Waals surface area contributed by atoms with Gasteiger partial charge in [0.25, 0.3) is 0 Å². The van der Waals surface area contributed by atoms with Crippen LogP contribution < -0.4 is 4.74 Å². The van der Waals surface area contributed by atoms with Crippen molar-refractivity contribution in [3.8, 4) is 5.75 Å². The quantitative estimate of drug-likeness (QED) is 0.804. The molecule has 0 saturated heterocycles. The van der Waals surface area contributed by atoms with E-state index in [2.05, 4.69) is 9.97 Å². The highest BCUT2D eigenvalue weighted by Gasteiger charge is 2.35. The van der Waals surface area contributed by atoms with Crippen molar-refractivity contribution >= 4 is 0 Å². The Hall–Kier alpha value is -2.22. The predicted molar refractivity (Wildman–Crippen MR) is 77.8 cm³/mol. The van der Waals surface area contributed by atoms with Gasteiger partial charge in [-0.1, -0.05) is 12.1 Å². The summed E-state index contributed by atoms with van der Waals surface area (Å²) in [4.78, 5) is 8.95. The average molecular weight is 341 g/mol. The second-order valence-electron chi connectivity index (χ2n) is 5.56. The number of hydrogen-bond donors (Lipinski definition) is 0. The summed E-state index contributed by atoms with van der Waals surface area (Å²) in [6.07, 6.45) is -2.97. The number of aromatic nitrogens is 2. The van der Waals surface area contributed by atoms with Gasteiger partial charge in [-0.25, -0.2) is 14.4 Å². The van der Waals surface area contributed by atoms with Crippen LogP contribution in [-0.2, 0) is 25.7 Å². The monoisotopic (exact) mass is 341 g/mol. The number of alkyl halides is 3. The number of methoxy groups -OCH3 is 1. The number of halogens is 4. The van der Waals surface area contributed by atoms with Gasteiger partial charge in [0, 0.05) is 43.4 Å². The van der Waals surface area contributed by atoms with Crippen LogP contribution >= 0.6 is 0 Å². The summed E-state index contributed by atoms with van der Waals surface area (Å²) >= 11 is 0. The molecule has 3 rings (SSSR count). The van der Waals surface area contributed by atoms with Crippen LogP contribution in [0.3, 0.4) is 0 Å². The van der Waals surface area contributed by atoms with Crippen molar-refractivity contribution < 1.29 is 22.3 Å². The standard InChI is InChI=1S/C16H15F4N3O/c1-24-13-4-2-3-10(14(13)17)8-23-6-5-12-11(9-23)7-21-15(22-12)16(18,19)20/h2-4,7H,5-6,8-9H2,1H3. The van der Waals surface area contributed by atoms with Gasteiger partial charge in [0.05, 0.1) is 12.8 Å². The molecule has 4 nitrogen and oxygen atoms in total. The lowest BCUT2D eigenvalue weighted by Gasteiger charge is -2.28. The number of nitrogens with zero attached hydrogens (tertiary/aromatic N) is 3. The highest BCUT2D eigenvalue weighted by atomic mass is 19.4. The number of benzene rings is 1. The van der Waals surface area contributed by atoms with Crippen LogP contribution in [0.25, 0.3) is 0 Å². The zero-order chi connectivity index (χ0) is 17.3. The Kier molecular flexibility index (Phi) is 4.40. The number of rotatable bonds is 3. The van der Waals surface area contributed by atoms with E-state index in [0.29, 0.717) is 42.9 Å². The molecule has 1 aromatic carbocycles. The van der Waals surface area contributed by atoms with Crippen LogP contribution in [0.15, 0.2) is 24.4 Å². The van der Waals surface area contributed by atoms with Crippen molar-refractivity contribution in [1.29, 1.82) is 0 Å². The van der Waals surface area contributed by atoms with Gasteiger partial charge in [0.2, 0.25) is 5.82 Å². The van der Waals surface area contributed by atoms with E-state index >= 15 is 0 Å². The molecule has 0 aliphatic carbocycles. The van der Waals surface area contributed by atoms with E-state index in [-0.39, 0.29) is 5.75 Å². The normalized spacial score (nSPS) is 15.2. The lowest BCUT2D eigenvalue weighted by molar-refractivity contribution is -0.145. The zero-order valence-electron chi connectivity index (χ0n) is 12.9. The van der Waals surface area contributed by atoms with Crippen LogP contribution in [0.4, 0.5) is 17.6 Å². The molecule has 0 amide bonds. The fourth-order valence-electron chi connectivity index (χ4n) is 2.72. The Labute approximate surface area is 136 Å². The molecular formula is C16H15F4N3O. The first-order valence-corrected chi connectivity index (χ1v) is 7.34. The lowest BCUT2D eigenvalue weighted by Crippen LogP contribution is -2.32. The van der Waals surface area contributed by atoms with Crippen LogP contribution in [0.2, 0.25) is 0 Å². The topological polar surface area (TPSA) is 38.2 Å². The predicted octanol–water partition coefficient (Wildman–Crippen LogP) is 3.20. The maximum atomic E-state index is 14.2. The van der Waals surface area contributed by atoms with Crippen molar-refractivity contribution in [3.05, 3.63) is 52.9 Å². The Morgan fingerprint density at radius 1 is 1.29 bits per heavy atom. The Balaban J connectivity index is 1.76. The molecule has 2 heterocycles. The van der Waals surface area contributed by atoms with E-state index in [1.165, 1.54) is 19.4 Å². The molecule has 8 heteroatoms. The van der Waals surface area contributed by atoms with Gasteiger partial charge < -0.3 is 4.74 Å². The van der Waals surface area contributed by atoms with Crippen LogP contribution in [0, 0.1) is 5.82 Å². The lowest BCUT2D eigenvalue weighted by atomic mass is 10.1. The van der Waals surface area contributed by atoms with Crippen molar-refractivity contribution in [2.75, 3.05) is 13.7 Å². The van der Waals surface area contributed by atoms with Crippen molar-refractivity contribution in [1.82, 2.24) is 14.9 Å². The third-order valence-corrected chi connectivity index (χ3v) is 3.92. The molecule has 0 spiro atoms. The minimum Gasteiger partial charge on any atom is -0.494 e. The molecule has 0 bridgehead atoms. The van der Waals surface area contributed by atoms with Crippen LogP contribution in [0.1, 0.15) is 22.6 Å². The molecule has 128 valence electrons. The summed E-state index contributed by atoms with van der Waals surface area (Å²) in [6.45, 7) is 1.21. The summed E-state index contributed by atoms with van der Waals surface area (Å²) < 4.78 is 57.1. The second-order valence-corrected chi connectivity index (χ2v) is 5.56. The van der Waals surface area contributed by atoms with E-state index < -0.39 is 17.8 Å². The van der Waals surface area contributed by atoms with E-state index in [0.717, 1.165) is 0 Å². The zero-order valence-corrected chi connectivity index (χ0v) is 12.9. The molecular weight excluding hydrogens is 326 g/mol. The first-order chi connectivity index (χ1) is 11.4. The highest BCUT2D eigenvalue weighted by molar-refractivity contribution is 5.31. The van der Waals surface area contributed by atoms with E-state index in [4.69, 9.17) is 4.74 Å². The Bertz CT molecular complexity index is 749. The summed E-state index contributed by atoms with van der Waals surface area (Å²) in [5.41, 5.74) is 1.52. The fourth-order valence-corrected chi connectivity index (χ4v) is 2.72. The molecule has 0 atom stereocenters. The van der Waals surface area contributed by atoms with Gasteiger partial charge in [-0.05, 0) is 6.07 Å². The molecule has 0 fully saturated rings. The van der Waals surface area contributed by atoms with Crippen LogP contribution in [-0.4, -0.2) is 28.5 Å². The first-order valence-electron chi connectivity index (χ1n) is 7.34.